The molecule has 0 spiro atoms. The molecule has 0 saturated carbocycles. The van der Waals surface area contributed by atoms with Crippen LogP contribution in [0.4, 0.5) is 11.4 Å². The third-order valence-corrected chi connectivity index (χ3v) is 4.30. The summed E-state index contributed by atoms with van der Waals surface area (Å²) in [5.41, 5.74) is 2.03. The van der Waals surface area contributed by atoms with E-state index in [0.29, 0.717) is 23.7 Å². The zero-order valence-electron chi connectivity index (χ0n) is 15.1. The summed E-state index contributed by atoms with van der Waals surface area (Å²) >= 11 is 1.38. The van der Waals surface area contributed by atoms with Gasteiger partial charge in [0.15, 0.2) is 0 Å². The predicted molar refractivity (Wildman–Crippen MR) is 100 cm³/mol. The first-order chi connectivity index (χ1) is 11.7. The summed E-state index contributed by atoms with van der Waals surface area (Å²) in [6.07, 6.45) is 0. The van der Waals surface area contributed by atoms with Crippen molar-refractivity contribution in [3.63, 3.8) is 0 Å². The smallest absolute Gasteiger partial charge is 0.275 e. The molecule has 0 aliphatic carbocycles. The second kappa shape index (κ2) is 7.76. The van der Waals surface area contributed by atoms with Crippen molar-refractivity contribution < 1.29 is 14.3 Å². The van der Waals surface area contributed by atoms with Crippen molar-refractivity contribution >= 4 is 34.5 Å². The first-order valence-corrected chi connectivity index (χ1v) is 8.75. The lowest BCUT2D eigenvalue weighted by atomic mass is 9.95. The van der Waals surface area contributed by atoms with Gasteiger partial charge in [-0.2, -0.15) is 0 Å². The molecule has 0 aliphatic rings. The van der Waals surface area contributed by atoms with Gasteiger partial charge in [-0.1, -0.05) is 26.8 Å². The Labute approximate surface area is 151 Å². The topological polar surface area (TPSA) is 80.3 Å². The van der Waals surface area contributed by atoms with Crippen LogP contribution < -0.4 is 10.6 Å². The van der Waals surface area contributed by atoms with Gasteiger partial charge in [-0.15, -0.1) is 11.3 Å². The van der Waals surface area contributed by atoms with Gasteiger partial charge in [-0.3, -0.25) is 9.59 Å². The third-order valence-electron chi connectivity index (χ3n) is 3.48. The van der Waals surface area contributed by atoms with E-state index >= 15 is 0 Å². The molecule has 0 fully saturated rings. The van der Waals surface area contributed by atoms with Gasteiger partial charge >= 0.3 is 0 Å². The van der Waals surface area contributed by atoms with E-state index in [1.165, 1.54) is 11.3 Å². The van der Waals surface area contributed by atoms with Gasteiger partial charge in [0.2, 0.25) is 5.91 Å². The van der Waals surface area contributed by atoms with Crippen LogP contribution in [0.3, 0.4) is 0 Å². The zero-order chi connectivity index (χ0) is 18.6. The molecule has 2 N–H and O–H groups in total. The number of thiazole rings is 1. The number of aryl methyl sites for hydroxylation is 1. The maximum absolute atomic E-state index is 12.4. The highest BCUT2D eigenvalue weighted by atomic mass is 32.1. The predicted octanol–water partition coefficient (Wildman–Crippen LogP) is 3.83. The van der Waals surface area contributed by atoms with Crippen molar-refractivity contribution in [1.29, 1.82) is 0 Å². The SMILES string of the molecule is COCc1nc(C(=O)Nc2cc(NC(=O)C(C)(C)C)ccc2C)cs1. The lowest BCUT2D eigenvalue weighted by molar-refractivity contribution is -0.123. The van der Waals surface area contributed by atoms with Crippen LogP contribution in [-0.4, -0.2) is 23.9 Å². The molecule has 1 aromatic heterocycles. The normalized spacial score (nSPS) is 11.2. The number of amides is 2. The van der Waals surface area contributed by atoms with Crippen molar-refractivity contribution in [3.05, 3.63) is 39.8 Å². The quantitative estimate of drug-likeness (QED) is 0.848. The Morgan fingerprint density at radius 3 is 2.60 bits per heavy atom. The summed E-state index contributed by atoms with van der Waals surface area (Å²) in [7, 11) is 1.59. The molecule has 0 bridgehead atoms. The zero-order valence-corrected chi connectivity index (χ0v) is 15.9. The fraction of sp³-hybridized carbons (Fsp3) is 0.389. The minimum atomic E-state index is -0.493. The molecule has 0 radical (unpaired) electrons. The first kappa shape index (κ1) is 19.1. The molecule has 0 aliphatic heterocycles. The van der Waals surface area contributed by atoms with E-state index in [2.05, 4.69) is 15.6 Å². The van der Waals surface area contributed by atoms with Crippen molar-refractivity contribution in [2.24, 2.45) is 5.41 Å². The number of nitrogens with one attached hydrogen (secondary N) is 2. The van der Waals surface area contributed by atoms with Gasteiger partial charge < -0.3 is 15.4 Å². The molecule has 2 aromatic rings. The Morgan fingerprint density at radius 2 is 1.96 bits per heavy atom. The van der Waals surface area contributed by atoms with Gasteiger partial charge in [0, 0.05) is 29.3 Å². The summed E-state index contributed by atoms with van der Waals surface area (Å²) in [4.78, 5) is 28.7. The number of rotatable bonds is 5. The molecule has 0 atom stereocenters. The van der Waals surface area contributed by atoms with Crippen LogP contribution in [0.5, 0.6) is 0 Å². The van der Waals surface area contributed by atoms with E-state index in [1.807, 2.05) is 39.8 Å². The number of anilines is 2. The molecule has 1 heterocycles. The van der Waals surface area contributed by atoms with Gasteiger partial charge in [-0.25, -0.2) is 4.98 Å². The lowest BCUT2D eigenvalue weighted by Crippen LogP contribution is -2.27. The van der Waals surface area contributed by atoms with Gasteiger partial charge in [0.05, 0.1) is 6.61 Å². The number of benzene rings is 1. The molecule has 25 heavy (non-hydrogen) atoms. The van der Waals surface area contributed by atoms with Crippen molar-refractivity contribution in [1.82, 2.24) is 4.98 Å². The minimum Gasteiger partial charge on any atom is -0.378 e. The van der Waals surface area contributed by atoms with Crippen LogP contribution >= 0.6 is 11.3 Å². The number of hydrogen-bond donors (Lipinski definition) is 2. The van der Waals surface area contributed by atoms with Crippen LogP contribution in [-0.2, 0) is 16.1 Å². The standard InChI is InChI=1S/C18H23N3O3S/c1-11-6-7-12(19-17(23)18(2,3)4)8-13(11)21-16(22)14-10-25-15(20-14)9-24-5/h6-8,10H,9H2,1-5H3,(H,19,23)(H,21,22). The lowest BCUT2D eigenvalue weighted by Gasteiger charge is -2.18. The average molecular weight is 361 g/mol. The molecular formula is C18H23N3O3S. The molecular weight excluding hydrogens is 338 g/mol. The van der Waals surface area contributed by atoms with Gasteiger partial charge in [0.25, 0.3) is 5.91 Å². The van der Waals surface area contributed by atoms with Gasteiger partial charge in [0.1, 0.15) is 10.7 Å². The molecule has 1 aromatic carbocycles. The fourth-order valence-electron chi connectivity index (χ4n) is 1.94. The highest BCUT2D eigenvalue weighted by molar-refractivity contribution is 7.09. The van der Waals surface area contributed by atoms with E-state index in [0.717, 1.165) is 10.6 Å². The van der Waals surface area contributed by atoms with E-state index in [-0.39, 0.29) is 11.8 Å². The molecule has 7 heteroatoms. The molecule has 2 amide bonds. The second-order valence-electron chi connectivity index (χ2n) is 6.75. The largest absolute Gasteiger partial charge is 0.378 e. The average Bonchev–Trinajstić information content (AvgIpc) is 2.99. The number of ether oxygens (including phenoxy) is 1. The Balaban J connectivity index is 2.14. The number of nitrogens with zero attached hydrogens (tertiary/aromatic N) is 1. The first-order valence-electron chi connectivity index (χ1n) is 7.87. The summed E-state index contributed by atoms with van der Waals surface area (Å²) in [5.74, 6) is -0.377. The third kappa shape index (κ3) is 5.11. The molecule has 134 valence electrons. The van der Waals surface area contributed by atoms with E-state index < -0.39 is 5.41 Å². The van der Waals surface area contributed by atoms with Gasteiger partial charge in [-0.05, 0) is 24.6 Å². The summed E-state index contributed by atoms with van der Waals surface area (Å²) in [6.45, 7) is 7.81. The Kier molecular flexibility index (Phi) is 5.92. The molecule has 2 rings (SSSR count). The number of aromatic nitrogens is 1. The number of carbonyl (C=O) groups excluding carboxylic acids is 2. The van der Waals surface area contributed by atoms with Crippen LogP contribution in [0.1, 0.15) is 41.8 Å². The Hall–Kier alpha value is -2.25. The van der Waals surface area contributed by atoms with E-state index in [1.54, 1.807) is 18.6 Å². The van der Waals surface area contributed by atoms with Crippen molar-refractivity contribution in [2.45, 2.75) is 34.3 Å². The number of methoxy groups -OCH3 is 1. The Bertz CT molecular complexity index is 778. The molecule has 0 saturated heterocycles. The minimum absolute atomic E-state index is 0.0858. The van der Waals surface area contributed by atoms with Crippen LogP contribution in [0.15, 0.2) is 23.6 Å². The molecule has 0 unspecified atom stereocenters. The maximum Gasteiger partial charge on any atom is 0.275 e. The van der Waals surface area contributed by atoms with E-state index in [9.17, 15) is 9.59 Å². The van der Waals surface area contributed by atoms with E-state index in [4.69, 9.17) is 4.74 Å². The Morgan fingerprint density at radius 1 is 1.24 bits per heavy atom. The van der Waals surface area contributed by atoms with Crippen LogP contribution in [0.25, 0.3) is 0 Å². The summed E-state index contributed by atoms with van der Waals surface area (Å²) < 4.78 is 5.01. The van der Waals surface area contributed by atoms with Crippen LogP contribution in [0, 0.1) is 12.3 Å². The highest BCUT2D eigenvalue weighted by Gasteiger charge is 2.21. The number of carbonyl (C=O) groups is 2. The second-order valence-corrected chi connectivity index (χ2v) is 7.69. The molecule has 6 nitrogen and oxygen atoms in total. The fourth-order valence-corrected chi connectivity index (χ4v) is 2.69. The van der Waals surface area contributed by atoms with Crippen molar-refractivity contribution in [3.8, 4) is 0 Å². The number of hydrogen-bond acceptors (Lipinski definition) is 5. The maximum atomic E-state index is 12.4. The summed E-state index contributed by atoms with van der Waals surface area (Å²) in [6, 6.07) is 5.42. The highest BCUT2D eigenvalue weighted by Crippen LogP contribution is 2.23. The van der Waals surface area contributed by atoms with Crippen molar-refractivity contribution in [2.75, 3.05) is 17.7 Å². The summed E-state index contributed by atoms with van der Waals surface area (Å²) in [5, 5.41) is 8.16. The monoisotopic (exact) mass is 361 g/mol. The van der Waals surface area contributed by atoms with Crippen LogP contribution in [0.2, 0.25) is 0 Å².